The van der Waals surface area contributed by atoms with Gasteiger partial charge in [-0.3, -0.25) is 4.79 Å². The SMILES string of the molecule is Cc1ccccc1C1CC1C(=O)N1CCNCC1c1nccn1C.Cl. The quantitative estimate of drug-likeness (QED) is 0.914. The lowest BCUT2D eigenvalue weighted by Crippen LogP contribution is -2.50. The average molecular weight is 361 g/mol. The fourth-order valence-electron chi connectivity index (χ4n) is 3.92. The summed E-state index contributed by atoms with van der Waals surface area (Å²) >= 11 is 0. The second kappa shape index (κ2) is 7.18. The van der Waals surface area contributed by atoms with E-state index in [2.05, 4.69) is 41.5 Å². The third-order valence-corrected chi connectivity index (χ3v) is 5.38. The van der Waals surface area contributed by atoms with Crippen LogP contribution in [0.5, 0.6) is 0 Å². The van der Waals surface area contributed by atoms with Crippen LogP contribution in [0.2, 0.25) is 0 Å². The number of aromatic nitrogens is 2. The zero-order chi connectivity index (χ0) is 16.7. The Kier molecular flexibility index (Phi) is 5.16. The van der Waals surface area contributed by atoms with Crippen molar-refractivity contribution in [2.24, 2.45) is 13.0 Å². The van der Waals surface area contributed by atoms with Gasteiger partial charge in [-0.15, -0.1) is 12.4 Å². The fraction of sp³-hybridized carbons (Fsp3) is 0.474. The average Bonchev–Trinajstić information content (AvgIpc) is 3.28. The predicted molar refractivity (Wildman–Crippen MR) is 99.8 cm³/mol. The van der Waals surface area contributed by atoms with Gasteiger partial charge in [-0.2, -0.15) is 0 Å². The first-order chi connectivity index (χ1) is 11.7. The Balaban J connectivity index is 0.00000182. The second-order valence-corrected chi connectivity index (χ2v) is 6.95. The molecule has 1 aliphatic heterocycles. The number of nitrogens with one attached hydrogen (secondary N) is 1. The molecule has 0 bridgehead atoms. The normalized spacial score (nSPS) is 25.4. The van der Waals surface area contributed by atoms with Gasteiger partial charge in [-0.25, -0.2) is 4.98 Å². The highest BCUT2D eigenvalue weighted by Gasteiger charge is 2.48. The molecule has 4 rings (SSSR count). The smallest absolute Gasteiger partial charge is 0.227 e. The van der Waals surface area contributed by atoms with Gasteiger partial charge < -0.3 is 14.8 Å². The van der Waals surface area contributed by atoms with Crippen LogP contribution in [0.3, 0.4) is 0 Å². The fourth-order valence-corrected chi connectivity index (χ4v) is 3.92. The second-order valence-electron chi connectivity index (χ2n) is 6.95. The monoisotopic (exact) mass is 360 g/mol. The Morgan fingerprint density at radius 3 is 2.84 bits per heavy atom. The molecular formula is C19H25ClN4O. The minimum atomic E-state index is 0. The first-order valence-corrected chi connectivity index (χ1v) is 8.70. The lowest BCUT2D eigenvalue weighted by Gasteiger charge is -2.36. The van der Waals surface area contributed by atoms with Crippen LogP contribution in [-0.2, 0) is 11.8 Å². The number of nitrogens with zero attached hydrogens (tertiary/aromatic N) is 3. The molecule has 0 radical (unpaired) electrons. The van der Waals surface area contributed by atoms with Crippen molar-refractivity contribution in [3.63, 3.8) is 0 Å². The van der Waals surface area contributed by atoms with Gasteiger partial charge >= 0.3 is 0 Å². The van der Waals surface area contributed by atoms with E-state index < -0.39 is 0 Å². The molecule has 2 aliphatic rings. The van der Waals surface area contributed by atoms with Gasteiger partial charge in [-0.05, 0) is 30.4 Å². The highest BCUT2D eigenvalue weighted by molar-refractivity contribution is 5.85. The van der Waals surface area contributed by atoms with Crippen molar-refractivity contribution in [3.8, 4) is 0 Å². The Hall–Kier alpha value is -1.85. The van der Waals surface area contributed by atoms with E-state index in [4.69, 9.17) is 0 Å². The molecular weight excluding hydrogens is 336 g/mol. The third kappa shape index (κ3) is 3.31. The predicted octanol–water partition coefficient (Wildman–Crippen LogP) is 2.43. The molecule has 1 N–H and O–H groups in total. The summed E-state index contributed by atoms with van der Waals surface area (Å²) in [6.07, 6.45) is 4.72. The van der Waals surface area contributed by atoms with Crippen molar-refractivity contribution in [2.75, 3.05) is 19.6 Å². The molecule has 3 unspecified atom stereocenters. The van der Waals surface area contributed by atoms with Gasteiger partial charge in [0, 0.05) is 45.0 Å². The van der Waals surface area contributed by atoms with E-state index in [-0.39, 0.29) is 30.3 Å². The number of halogens is 1. The first-order valence-electron chi connectivity index (χ1n) is 8.70. The summed E-state index contributed by atoms with van der Waals surface area (Å²) in [7, 11) is 1.99. The van der Waals surface area contributed by atoms with Crippen molar-refractivity contribution in [2.45, 2.75) is 25.3 Å². The van der Waals surface area contributed by atoms with E-state index in [0.717, 1.165) is 31.9 Å². The van der Waals surface area contributed by atoms with Crippen LogP contribution in [0.1, 0.15) is 35.3 Å². The zero-order valence-corrected chi connectivity index (χ0v) is 15.5. The number of benzene rings is 1. The lowest BCUT2D eigenvalue weighted by molar-refractivity contribution is -0.136. The lowest BCUT2D eigenvalue weighted by atomic mass is 10.0. The van der Waals surface area contributed by atoms with Gasteiger partial charge in [-0.1, -0.05) is 24.3 Å². The zero-order valence-electron chi connectivity index (χ0n) is 14.7. The molecule has 1 aromatic heterocycles. The van der Waals surface area contributed by atoms with Crippen molar-refractivity contribution >= 4 is 18.3 Å². The van der Waals surface area contributed by atoms with Crippen LogP contribution in [-0.4, -0.2) is 40.0 Å². The maximum Gasteiger partial charge on any atom is 0.227 e. The summed E-state index contributed by atoms with van der Waals surface area (Å²) in [5.41, 5.74) is 2.62. The largest absolute Gasteiger partial charge is 0.336 e. The maximum atomic E-state index is 13.1. The number of hydrogen-bond donors (Lipinski definition) is 1. The Bertz CT molecular complexity index is 759. The summed E-state index contributed by atoms with van der Waals surface area (Å²) in [4.78, 5) is 19.6. The van der Waals surface area contributed by atoms with Crippen molar-refractivity contribution < 1.29 is 4.79 Å². The Morgan fingerprint density at radius 1 is 1.32 bits per heavy atom. The number of carbonyl (C=O) groups excluding carboxylic acids is 1. The standard InChI is InChI=1S/C19H24N4O.ClH/c1-13-5-3-4-6-14(13)15-11-16(15)19(24)23-10-7-20-12-17(23)18-21-8-9-22(18)2;/h3-6,8-9,15-17,20H,7,10-12H2,1-2H3;1H. The molecule has 2 fully saturated rings. The molecule has 6 heteroatoms. The molecule has 2 aromatic rings. The highest BCUT2D eigenvalue weighted by Crippen LogP contribution is 2.50. The van der Waals surface area contributed by atoms with Crippen LogP contribution < -0.4 is 5.32 Å². The number of carbonyl (C=O) groups is 1. The summed E-state index contributed by atoms with van der Waals surface area (Å²) in [5.74, 6) is 1.77. The van der Waals surface area contributed by atoms with Crippen LogP contribution >= 0.6 is 12.4 Å². The topological polar surface area (TPSA) is 50.2 Å². The maximum absolute atomic E-state index is 13.1. The molecule has 134 valence electrons. The van der Waals surface area contributed by atoms with E-state index in [1.54, 1.807) is 6.20 Å². The van der Waals surface area contributed by atoms with Crippen molar-refractivity contribution in [1.82, 2.24) is 19.8 Å². The van der Waals surface area contributed by atoms with Crippen LogP contribution in [0, 0.1) is 12.8 Å². The van der Waals surface area contributed by atoms with Gasteiger partial charge in [0.15, 0.2) is 0 Å². The number of rotatable bonds is 3. The molecule has 1 aromatic carbocycles. The number of aryl methyl sites for hydroxylation is 2. The van der Waals surface area contributed by atoms with Gasteiger partial charge in [0.2, 0.25) is 5.91 Å². The van der Waals surface area contributed by atoms with Crippen LogP contribution in [0.25, 0.3) is 0 Å². The molecule has 25 heavy (non-hydrogen) atoms. The molecule has 1 saturated carbocycles. The van der Waals surface area contributed by atoms with E-state index >= 15 is 0 Å². The highest BCUT2D eigenvalue weighted by atomic mass is 35.5. The summed E-state index contributed by atoms with van der Waals surface area (Å²) in [6, 6.07) is 8.47. The molecule has 5 nitrogen and oxygen atoms in total. The number of amides is 1. The molecule has 1 amide bonds. The molecule has 0 spiro atoms. The first kappa shape index (κ1) is 18.0. The molecule has 3 atom stereocenters. The Labute approximate surface area is 154 Å². The van der Waals surface area contributed by atoms with E-state index in [9.17, 15) is 4.79 Å². The Morgan fingerprint density at radius 2 is 2.12 bits per heavy atom. The van der Waals surface area contributed by atoms with Gasteiger partial charge in [0.05, 0.1) is 0 Å². The van der Waals surface area contributed by atoms with Gasteiger partial charge in [0.1, 0.15) is 11.9 Å². The minimum absolute atomic E-state index is 0. The van der Waals surface area contributed by atoms with E-state index in [1.807, 2.05) is 22.7 Å². The van der Waals surface area contributed by atoms with E-state index in [1.165, 1.54) is 11.1 Å². The summed E-state index contributed by atoms with van der Waals surface area (Å²) in [5, 5.41) is 3.40. The summed E-state index contributed by atoms with van der Waals surface area (Å²) < 4.78 is 2.02. The van der Waals surface area contributed by atoms with Crippen LogP contribution in [0.4, 0.5) is 0 Å². The summed E-state index contributed by atoms with van der Waals surface area (Å²) in [6.45, 7) is 4.52. The number of imidazole rings is 1. The molecule has 1 saturated heterocycles. The van der Waals surface area contributed by atoms with Crippen LogP contribution in [0.15, 0.2) is 36.7 Å². The molecule has 1 aliphatic carbocycles. The third-order valence-electron chi connectivity index (χ3n) is 5.38. The molecule has 2 heterocycles. The minimum Gasteiger partial charge on any atom is -0.336 e. The number of hydrogen-bond acceptors (Lipinski definition) is 3. The number of piperazine rings is 1. The van der Waals surface area contributed by atoms with Crippen molar-refractivity contribution in [3.05, 3.63) is 53.6 Å². The van der Waals surface area contributed by atoms with E-state index in [0.29, 0.717) is 5.92 Å². The van der Waals surface area contributed by atoms with Gasteiger partial charge in [0.25, 0.3) is 0 Å². The van der Waals surface area contributed by atoms with Crippen molar-refractivity contribution in [1.29, 1.82) is 0 Å².